The highest BCUT2D eigenvalue weighted by Crippen LogP contribution is 2.09. The third kappa shape index (κ3) is 3.35. The van der Waals surface area contributed by atoms with Crippen molar-refractivity contribution < 1.29 is 14.0 Å². The molecule has 1 aliphatic rings. The average molecular weight is 265 g/mol. The molecule has 1 saturated heterocycles. The Balaban J connectivity index is 1.91. The van der Waals surface area contributed by atoms with E-state index < -0.39 is 0 Å². The van der Waals surface area contributed by atoms with Crippen LogP contribution in [0, 0.1) is 6.92 Å². The molecule has 104 valence electrons. The number of piperazine rings is 1. The number of carbonyl (C=O) groups excluding carboxylic acids is 2. The number of furan rings is 1. The van der Waals surface area contributed by atoms with Crippen molar-refractivity contribution in [2.45, 2.75) is 6.92 Å². The molecule has 19 heavy (non-hydrogen) atoms. The van der Waals surface area contributed by atoms with Crippen molar-refractivity contribution in [3.05, 3.63) is 23.7 Å². The van der Waals surface area contributed by atoms with Gasteiger partial charge in [-0.25, -0.2) is 0 Å². The van der Waals surface area contributed by atoms with Gasteiger partial charge < -0.3 is 19.5 Å². The molecule has 1 aromatic heterocycles. The highest BCUT2D eigenvalue weighted by molar-refractivity contribution is 5.94. The summed E-state index contributed by atoms with van der Waals surface area (Å²) in [5.74, 6) is 0.663. The van der Waals surface area contributed by atoms with Gasteiger partial charge in [0, 0.05) is 33.2 Å². The van der Waals surface area contributed by atoms with E-state index in [9.17, 15) is 9.59 Å². The van der Waals surface area contributed by atoms with E-state index in [1.165, 1.54) is 4.90 Å². The Hall–Kier alpha value is -1.82. The van der Waals surface area contributed by atoms with Gasteiger partial charge in [0.05, 0.1) is 6.54 Å². The van der Waals surface area contributed by atoms with Crippen LogP contribution in [0.15, 0.2) is 16.5 Å². The molecule has 1 aliphatic heterocycles. The van der Waals surface area contributed by atoms with Gasteiger partial charge in [0.25, 0.3) is 5.91 Å². The van der Waals surface area contributed by atoms with Crippen LogP contribution in [-0.2, 0) is 4.79 Å². The van der Waals surface area contributed by atoms with Crippen molar-refractivity contribution >= 4 is 11.8 Å². The standard InChI is InChI=1S/C13H19N3O3/c1-10-3-4-11(19-10)13(18)15(2)9-12(17)16-7-5-14-6-8-16/h3-4,14H,5-9H2,1-2H3. The second-order valence-electron chi connectivity index (χ2n) is 4.70. The number of likely N-dealkylation sites (N-methyl/N-ethyl adjacent to an activating group) is 1. The van der Waals surface area contributed by atoms with Gasteiger partial charge in [-0.05, 0) is 19.1 Å². The minimum atomic E-state index is -0.267. The summed E-state index contributed by atoms with van der Waals surface area (Å²) in [5.41, 5.74) is 0. The van der Waals surface area contributed by atoms with E-state index >= 15 is 0 Å². The number of aryl methyl sites for hydroxylation is 1. The number of hydrogen-bond acceptors (Lipinski definition) is 4. The molecule has 2 amide bonds. The molecule has 1 N–H and O–H groups in total. The fourth-order valence-corrected chi connectivity index (χ4v) is 2.03. The number of nitrogens with one attached hydrogen (secondary N) is 1. The predicted molar refractivity (Wildman–Crippen MR) is 69.9 cm³/mol. The molecule has 1 fully saturated rings. The van der Waals surface area contributed by atoms with Gasteiger partial charge in [-0.1, -0.05) is 0 Å². The molecule has 6 nitrogen and oxygen atoms in total. The molecule has 0 unspecified atom stereocenters. The normalized spacial score (nSPS) is 15.4. The van der Waals surface area contributed by atoms with Crippen molar-refractivity contribution in [3.63, 3.8) is 0 Å². The Morgan fingerprint density at radius 2 is 2.05 bits per heavy atom. The summed E-state index contributed by atoms with van der Waals surface area (Å²) in [6.45, 7) is 4.87. The lowest BCUT2D eigenvalue weighted by atomic mass is 10.3. The summed E-state index contributed by atoms with van der Waals surface area (Å²) >= 11 is 0. The van der Waals surface area contributed by atoms with E-state index in [4.69, 9.17) is 4.42 Å². The van der Waals surface area contributed by atoms with Gasteiger partial charge >= 0.3 is 0 Å². The van der Waals surface area contributed by atoms with Gasteiger partial charge in [-0.3, -0.25) is 9.59 Å². The largest absolute Gasteiger partial charge is 0.456 e. The molecule has 6 heteroatoms. The van der Waals surface area contributed by atoms with Crippen molar-refractivity contribution in [1.29, 1.82) is 0 Å². The third-order valence-corrected chi connectivity index (χ3v) is 3.14. The molecule has 0 radical (unpaired) electrons. The maximum atomic E-state index is 12.0. The van der Waals surface area contributed by atoms with Crippen LogP contribution in [0.5, 0.6) is 0 Å². The van der Waals surface area contributed by atoms with Gasteiger partial charge in [-0.15, -0.1) is 0 Å². The molecule has 0 bridgehead atoms. The second-order valence-corrected chi connectivity index (χ2v) is 4.70. The fraction of sp³-hybridized carbons (Fsp3) is 0.538. The minimum absolute atomic E-state index is 0.0272. The molecular weight excluding hydrogens is 246 g/mol. The maximum Gasteiger partial charge on any atom is 0.289 e. The highest BCUT2D eigenvalue weighted by atomic mass is 16.3. The van der Waals surface area contributed by atoms with Crippen LogP contribution in [0.25, 0.3) is 0 Å². The molecule has 0 saturated carbocycles. The lowest BCUT2D eigenvalue weighted by Gasteiger charge is -2.29. The zero-order valence-corrected chi connectivity index (χ0v) is 11.3. The summed E-state index contributed by atoms with van der Waals surface area (Å²) in [4.78, 5) is 27.2. The smallest absolute Gasteiger partial charge is 0.289 e. The predicted octanol–water partition coefficient (Wildman–Crippen LogP) is 0.0918. The SMILES string of the molecule is Cc1ccc(C(=O)N(C)CC(=O)N2CCNCC2)o1. The Kier molecular flexibility index (Phi) is 4.21. The molecule has 2 heterocycles. The zero-order valence-electron chi connectivity index (χ0n) is 11.3. The first-order valence-electron chi connectivity index (χ1n) is 6.38. The first kappa shape index (κ1) is 13.6. The van der Waals surface area contributed by atoms with Crippen LogP contribution in [-0.4, -0.2) is 61.4 Å². The van der Waals surface area contributed by atoms with E-state index in [1.807, 2.05) is 0 Å². The summed E-state index contributed by atoms with van der Waals surface area (Å²) in [5, 5.41) is 3.18. The lowest BCUT2D eigenvalue weighted by Crippen LogP contribution is -2.49. The van der Waals surface area contributed by atoms with E-state index in [1.54, 1.807) is 31.0 Å². The van der Waals surface area contributed by atoms with Crippen molar-refractivity contribution in [2.24, 2.45) is 0 Å². The first-order valence-corrected chi connectivity index (χ1v) is 6.38. The number of hydrogen-bond donors (Lipinski definition) is 1. The van der Waals surface area contributed by atoms with E-state index in [2.05, 4.69) is 5.32 Å². The number of amides is 2. The van der Waals surface area contributed by atoms with Crippen LogP contribution in [0.1, 0.15) is 16.3 Å². The highest BCUT2D eigenvalue weighted by Gasteiger charge is 2.22. The zero-order chi connectivity index (χ0) is 13.8. The maximum absolute atomic E-state index is 12.0. The van der Waals surface area contributed by atoms with E-state index in [0.717, 1.165) is 13.1 Å². The van der Waals surface area contributed by atoms with Crippen LogP contribution in [0.4, 0.5) is 0 Å². The van der Waals surface area contributed by atoms with Crippen LogP contribution >= 0.6 is 0 Å². The number of rotatable bonds is 3. The third-order valence-electron chi connectivity index (χ3n) is 3.14. The van der Waals surface area contributed by atoms with Crippen molar-refractivity contribution in [2.75, 3.05) is 39.8 Å². The molecular formula is C13H19N3O3. The Labute approximate surface area is 112 Å². The summed E-state index contributed by atoms with van der Waals surface area (Å²) < 4.78 is 5.27. The van der Waals surface area contributed by atoms with Crippen LogP contribution < -0.4 is 5.32 Å². The van der Waals surface area contributed by atoms with Gasteiger partial charge in [-0.2, -0.15) is 0 Å². The van der Waals surface area contributed by atoms with Crippen LogP contribution in [0.2, 0.25) is 0 Å². The summed E-state index contributed by atoms with van der Waals surface area (Å²) in [7, 11) is 1.61. The molecule has 0 aromatic carbocycles. The van der Waals surface area contributed by atoms with Gasteiger partial charge in [0.1, 0.15) is 5.76 Å². The molecule has 0 atom stereocenters. The minimum Gasteiger partial charge on any atom is -0.456 e. The summed E-state index contributed by atoms with van der Waals surface area (Å²) in [6.07, 6.45) is 0. The average Bonchev–Trinajstić information content (AvgIpc) is 2.85. The summed E-state index contributed by atoms with van der Waals surface area (Å²) in [6, 6.07) is 3.36. The molecule has 2 rings (SSSR count). The van der Waals surface area contributed by atoms with E-state index in [0.29, 0.717) is 18.8 Å². The van der Waals surface area contributed by atoms with Crippen LogP contribution in [0.3, 0.4) is 0 Å². The molecule has 1 aromatic rings. The topological polar surface area (TPSA) is 65.8 Å². The number of nitrogens with zero attached hydrogens (tertiary/aromatic N) is 2. The molecule has 0 aliphatic carbocycles. The second kappa shape index (κ2) is 5.88. The Morgan fingerprint density at radius 1 is 1.37 bits per heavy atom. The number of carbonyl (C=O) groups is 2. The monoisotopic (exact) mass is 265 g/mol. The Bertz CT molecular complexity index is 463. The van der Waals surface area contributed by atoms with Gasteiger partial charge in [0.15, 0.2) is 5.76 Å². The van der Waals surface area contributed by atoms with E-state index in [-0.39, 0.29) is 24.1 Å². The van der Waals surface area contributed by atoms with Gasteiger partial charge in [0.2, 0.25) is 5.91 Å². The fourth-order valence-electron chi connectivity index (χ4n) is 2.03. The Morgan fingerprint density at radius 3 is 2.63 bits per heavy atom. The van der Waals surface area contributed by atoms with Crippen molar-refractivity contribution in [3.8, 4) is 0 Å². The molecule has 0 spiro atoms. The first-order chi connectivity index (χ1) is 9.08. The lowest BCUT2D eigenvalue weighted by molar-refractivity contribution is -0.132. The quantitative estimate of drug-likeness (QED) is 0.841. The van der Waals surface area contributed by atoms with Crippen molar-refractivity contribution in [1.82, 2.24) is 15.1 Å².